The number of unbranched alkanes of at least 4 members (excludes halogenated alkanes) is 1. The van der Waals surface area contributed by atoms with Gasteiger partial charge in [-0.2, -0.15) is 5.26 Å². The van der Waals surface area contributed by atoms with Crippen LogP contribution in [-0.4, -0.2) is 36.5 Å². The third kappa shape index (κ3) is 7.41. The minimum Gasteiger partial charge on any atom is -0.493 e. The standard InChI is InChI=1S/C26H33N3O2/c1-20-6-7-21(2)25(17-20)31-16-4-3-5-26(30)28-24-12-14-29(15-13-24)19-23-10-8-22(18-27)9-11-23/h6-11,17,24H,3-5,12-16,19H2,1-2H3,(H,28,30). The molecule has 0 unspecified atom stereocenters. The molecule has 31 heavy (non-hydrogen) atoms. The third-order valence-corrected chi connectivity index (χ3v) is 5.84. The van der Waals surface area contributed by atoms with Crippen LogP contribution in [0.3, 0.4) is 0 Å². The highest BCUT2D eigenvalue weighted by Crippen LogP contribution is 2.19. The van der Waals surface area contributed by atoms with Gasteiger partial charge in [0.15, 0.2) is 0 Å². The number of aryl methyl sites for hydroxylation is 2. The van der Waals surface area contributed by atoms with E-state index in [9.17, 15) is 4.79 Å². The smallest absolute Gasteiger partial charge is 0.220 e. The maximum absolute atomic E-state index is 12.3. The van der Waals surface area contributed by atoms with Gasteiger partial charge in [0, 0.05) is 32.1 Å². The molecule has 164 valence electrons. The molecular weight excluding hydrogens is 386 g/mol. The van der Waals surface area contributed by atoms with Crippen LogP contribution in [0.2, 0.25) is 0 Å². The Morgan fingerprint density at radius 1 is 1.13 bits per heavy atom. The van der Waals surface area contributed by atoms with Gasteiger partial charge in [-0.3, -0.25) is 9.69 Å². The lowest BCUT2D eigenvalue weighted by atomic mass is 10.0. The highest BCUT2D eigenvalue weighted by atomic mass is 16.5. The van der Waals surface area contributed by atoms with Crippen LogP contribution >= 0.6 is 0 Å². The van der Waals surface area contributed by atoms with Crippen molar-refractivity contribution in [2.24, 2.45) is 0 Å². The number of carbonyl (C=O) groups excluding carboxylic acids is 1. The van der Waals surface area contributed by atoms with Crippen LogP contribution < -0.4 is 10.1 Å². The summed E-state index contributed by atoms with van der Waals surface area (Å²) in [4.78, 5) is 14.7. The number of nitrogens with zero attached hydrogens (tertiary/aromatic N) is 2. The molecule has 1 saturated heterocycles. The summed E-state index contributed by atoms with van der Waals surface area (Å²) in [7, 11) is 0. The summed E-state index contributed by atoms with van der Waals surface area (Å²) in [6, 6.07) is 16.4. The van der Waals surface area contributed by atoms with Gasteiger partial charge < -0.3 is 10.1 Å². The molecule has 1 aliphatic heterocycles. The molecule has 1 heterocycles. The van der Waals surface area contributed by atoms with Crippen molar-refractivity contribution in [1.29, 1.82) is 5.26 Å². The van der Waals surface area contributed by atoms with Crippen LogP contribution in [0.5, 0.6) is 5.75 Å². The molecule has 0 radical (unpaired) electrons. The van der Waals surface area contributed by atoms with Crippen molar-refractivity contribution < 1.29 is 9.53 Å². The Bertz CT molecular complexity index is 894. The summed E-state index contributed by atoms with van der Waals surface area (Å²) in [5.41, 5.74) is 4.27. The van der Waals surface area contributed by atoms with E-state index in [2.05, 4.69) is 48.3 Å². The molecule has 0 saturated carbocycles. The molecule has 2 aromatic carbocycles. The molecule has 1 amide bonds. The molecule has 0 atom stereocenters. The van der Waals surface area contributed by atoms with Gasteiger partial charge in [0.2, 0.25) is 5.91 Å². The number of nitriles is 1. The first kappa shape index (κ1) is 22.8. The van der Waals surface area contributed by atoms with Crippen molar-refractivity contribution in [3.8, 4) is 11.8 Å². The zero-order chi connectivity index (χ0) is 22.1. The van der Waals surface area contributed by atoms with E-state index in [0.717, 1.165) is 56.6 Å². The van der Waals surface area contributed by atoms with E-state index in [1.165, 1.54) is 11.1 Å². The lowest BCUT2D eigenvalue weighted by Crippen LogP contribution is -2.44. The number of hydrogen-bond acceptors (Lipinski definition) is 4. The Morgan fingerprint density at radius 3 is 2.58 bits per heavy atom. The lowest BCUT2D eigenvalue weighted by Gasteiger charge is -2.32. The molecule has 0 spiro atoms. The lowest BCUT2D eigenvalue weighted by molar-refractivity contribution is -0.122. The fourth-order valence-electron chi connectivity index (χ4n) is 3.91. The number of amides is 1. The second kappa shape index (κ2) is 11.5. The van der Waals surface area contributed by atoms with Crippen LogP contribution in [-0.2, 0) is 11.3 Å². The quantitative estimate of drug-likeness (QED) is 0.608. The van der Waals surface area contributed by atoms with Gasteiger partial charge in [0.25, 0.3) is 0 Å². The summed E-state index contributed by atoms with van der Waals surface area (Å²) in [5.74, 6) is 1.09. The zero-order valence-electron chi connectivity index (χ0n) is 18.7. The van der Waals surface area contributed by atoms with E-state index in [1.807, 2.05) is 24.3 Å². The van der Waals surface area contributed by atoms with E-state index in [4.69, 9.17) is 10.00 Å². The van der Waals surface area contributed by atoms with Crippen LogP contribution in [0.15, 0.2) is 42.5 Å². The molecule has 5 heteroatoms. The largest absolute Gasteiger partial charge is 0.493 e. The number of benzene rings is 2. The molecule has 5 nitrogen and oxygen atoms in total. The van der Waals surface area contributed by atoms with Crippen molar-refractivity contribution in [3.63, 3.8) is 0 Å². The molecule has 2 aromatic rings. The third-order valence-electron chi connectivity index (χ3n) is 5.84. The number of nitrogens with one attached hydrogen (secondary N) is 1. The van der Waals surface area contributed by atoms with Gasteiger partial charge in [-0.05, 0) is 74.4 Å². The zero-order valence-corrected chi connectivity index (χ0v) is 18.7. The SMILES string of the molecule is Cc1ccc(C)c(OCCCCC(=O)NC2CCN(Cc3ccc(C#N)cc3)CC2)c1. The summed E-state index contributed by atoms with van der Waals surface area (Å²) >= 11 is 0. The van der Waals surface area contributed by atoms with Crippen LogP contribution in [0.4, 0.5) is 0 Å². The van der Waals surface area contributed by atoms with Crippen LogP contribution in [0.25, 0.3) is 0 Å². The normalized spacial score (nSPS) is 14.7. The maximum atomic E-state index is 12.3. The van der Waals surface area contributed by atoms with E-state index < -0.39 is 0 Å². The van der Waals surface area contributed by atoms with Crippen molar-refractivity contribution in [2.75, 3.05) is 19.7 Å². The number of likely N-dealkylation sites (tertiary alicyclic amines) is 1. The average Bonchev–Trinajstić information content (AvgIpc) is 2.77. The maximum Gasteiger partial charge on any atom is 0.220 e. The minimum absolute atomic E-state index is 0.150. The molecule has 0 aromatic heterocycles. The summed E-state index contributed by atoms with van der Waals surface area (Å²) in [5, 5.41) is 12.1. The van der Waals surface area contributed by atoms with Crippen molar-refractivity contribution in [2.45, 2.75) is 58.5 Å². The molecule has 1 N–H and O–H groups in total. The van der Waals surface area contributed by atoms with Crippen molar-refractivity contribution >= 4 is 5.91 Å². The second-order valence-electron chi connectivity index (χ2n) is 8.50. The van der Waals surface area contributed by atoms with Gasteiger partial charge in [-0.25, -0.2) is 0 Å². The van der Waals surface area contributed by atoms with Crippen molar-refractivity contribution in [3.05, 3.63) is 64.7 Å². The predicted octanol–water partition coefficient (Wildman–Crippen LogP) is 4.51. The molecule has 3 rings (SSSR count). The van der Waals surface area contributed by atoms with Crippen LogP contribution in [0, 0.1) is 25.2 Å². The summed E-state index contributed by atoms with van der Waals surface area (Å²) in [6.45, 7) is 7.62. The van der Waals surface area contributed by atoms with Gasteiger partial charge in [-0.15, -0.1) is 0 Å². The Kier molecular flexibility index (Phi) is 8.49. The number of rotatable bonds is 9. The number of carbonyl (C=O) groups is 1. The summed E-state index contributed by atoms with van der Waals surface area (Å²) < 4.78 is 5.87. The molecule has 1 fully saturated rings. The Balaban J connectivity index is 1.28. The first-order valence-corrected chi connectivity index (χ1v) is 11.2. The molecule has 0 bridgehead atoms. The number of ether oxygens (including phenoxy) is 1. The second-order valence-corrected chi connectivity index (χ2v) is 8.50. The van der Waals surface area contributed by atoms with Crippen molar-refractivity contribution in [1.82, 2.24) is 10.2 Å². The fourth-order valence-corrected chi connectivity index (χ4v) is 3.91. The fraction of sp³-hybridized carbons (Fsp3) is 0.462. The van der Waals surface area contributed by atoms with E-state index >= 15 is 0 Å². The molecule has 1 aliphatic rings. The molecular formula is C26H33N3O2. The Labute approximate surface area is 186 Å². The van der Waals surface area contributed by atoms with E-state index in [-0.39, 0.29) is 11.9 Å². The predicted molar refractivity (Wildman–Crippen MR) is 123 cm³/mol. The van der Waals surface area contributed by atoms with E-state index in [0.29, 0.717) is 18.6 Å². The van der Waals surface area contributed by atoms with Gasteiger partial charge >= 0.3 is 0 Å². The first-order valence-electron chi connectivity index (χ1n) is 11.2. The Morgan fingerprint density at radius 2 is 1.87 bits per heavy atom. The van der Waals surface area contributed by atoms with Gasteiger partial charge in [0.05, 0.1) is 18.2 Å². The topological polar surface area (TPSA) is 65.4 Å². The highest BCUT2D eigenvalue weighted by Gasteiger charge is 2.20. The van der Waals surface area contributed by atoms with Gasteiger partial charge in [-0.1, -0.05) is 24.3 Å². The summed E-state index contributed by atoms with van der Waals surface area (Å²) in [6.07, 6.45) is 4.25. The number of hydrogen-bond donors (Lipinski definition) is 1. The minimum atomic E-state index is 0.150. The van der Waals surface area contributed by atoms with Crippen LogP contribution in [0.1, 0.15) is 54.4 Å². The highest BCUT2D eigenvalue weighted by molar-refractivity contribution is 5.76. The average molecular weight is 420 g/mol. The number of piperidine rings is 1. The van der Waals surface area contributed by atoms with Gasteiger partial charge in [0.1, 0.15) is 5.75 Å². The Hall–Kier alpha value is -2.84. The monoisotopic (exact) mass is 419 g/mol. The molecule has 0 aliphatic carbocycles. The first-order chi connectivity index (χ1) is 15.0. The van der Waals surface area contributed by atoms with E-state index in [1.54, 1.807) is 0 Å².